The zero-order valence-corrected chi connectivity index (χ0v) is 11.3. The molecule has 0 aliphatic rings. The number of carbonyl (C=O) groups is 1. The molecule has 3 N–H and O–H groups in total. The third-order valence-corrected chi connectivity index (χ3v) is 3.25. The lowest BCUT2D eigenvalue weighted by atomic mass is 10.1. The molecule has 0 unspecified atom stereocenters. The Balaban J connectivity index is 2.19. The minimum Gasteiger partial charge on any atom is -0.321 e. The molecule has 1 aromatic carbocycles. The van der Waals surface area contributed by atoms with Gasteiger partial charge in [0.05, 0.1) is 18.3 Å². The molecule has 0 atom stereocenters. The number of aryl methyl sites for hydroxylation is 1. The average Bonchev–Trinajstić information content (AvgIpc) is 2.93. The van der Waals surface area contributed by atoms with Crippen molar-refractivity contribution in [3.05, 3.63) is 45.9 Å². The molecule has 0 fully saturated rings. The summed E-state index contributed by atoms with van der Waals surface area (Å²) in [7, 11) is 0. The Morgan fingerprint density at radius 1 is 1.53 bits per heavy atom. The maximum atomic E-state index is 11.9. The van der Waals surface area contributed by atoms with Crippen LogP contribution in [0.3, 0.4) is 0 Å². The minimum atomic E-state index is -0.163. The van der Waals surface area contributed by atoms with Crippen LogP contribution in [0.1, 0.15) is 20.8 Å². The summed E-state index contributed by atoms with van der Waals surface area (Å²) in [6.07, 6.45) is 1.54. The number of nitrogens with one attached hydrogen (secondary N) is 1. The van der Waals surface area contributed by atoms with Crippen LogP contribution < -0.4 is 11.1 Å². The highest BCUT2D eigenvalue weighted by atomic mass is 32.1. The van der Waals surface area contributed by atoms with Crippen molar-refractivity contribution in [1.29, 1.82) is 0 Å². The maximum Gasteiger partial charge on any atom is 0.267 e. The van der Waals surface area contributed by atoms with Gasteiger partial charge in [-0.25, -0.2) is 0 Å². The molecule has 2 aromatic rings. The molecule has 1 heterocycles. The number of hydrogen-bond donors (Lipinski definition) is 2. The molecular weight excluding hydrogens is 258 g/mol. The predicted molar refractivity (Wildman–Crippen MR) is 77.2 cm³/mol. The fraction of sp³-hybridized carbons (Fsp3) is 0.143. The number of aromatic nitrogens is 1. The molecule has 1 aromatic heterocycles. The highest BCUT2D eigenvalue weighted by Crippen LogP contribution is 2.16. The molecule has 0 radical (unpaired) electrons. The Morgan fingerprint density at radius 3 is 3.05 bits per heavy atom. The lowest BCUT2D eigenvalue weighted by Gasteiger charge is -2.05. The number of nitrogens with zero attached hydrogens (tertiary/aromatic N) is 1. The Hall–Kier alpha value is -2.16. The van der Waals surface area contributed by atoms with Crippen LogP contribution in [0.2, 0.25) is 0 Å². The van der Waals surface area contributed by atoms with Gasteiger partial charge in [0, 0.05) is 11.3 Å². The first kappa shape index (κ1) is 13.3. The summed E-state index contributed by atoms with van der Waals surface area (Å²) in [6, 6.07) is 5.61. The number of carbonyl (C=O) groups excluding carboxylic acids is 1. The summed E-state index contributed by atoms with van der Waals surface area (Å²) in [5, 5.41) is 2.82. The van der Waals surface area contributed by atoms with Crippen molar-refractivity contribution in [2.75, 3.05) is 11.9 Å². The molecule has 0 saturated carbocycles. The predicted octanol–water partition coefficient (Wildman–Crippen LogP) is 2.01. The summed E-state index contributed by atoms with van der Waals surface area (Å²) >= 11 is 1.30. The minimum absolute atomic E-state index is 0.163. The SMILES string of the molecule is Cc1ccc(NC(=O)c2cncs2)cc1C#CCN. The van der Waals surface area contributed by atoms with Gasteiger partial charge < -0.3 is 11.1 Å². The molecule has 2 rings (SSSR count). The van der Waals surface area contributed by atoms with Crippen molar-refractivity contribution >= 4 is 22.9 Å². The quantitative estimate of drug-likeness (QED) is 0.821. The molecule has 1 amide bonds. The zero-order valence-electron chi connectivity index (χ0n) is 10.4. The number of amides is 1. The van der Waals surface area contributed by atoms with Crippen molar-refractivity contribution < 1.29 is 4.79 Å². The summed E-state index contributed by atoms with van der Waals surface area (Å²) < 4.78 is 0. The Kier molecular flexibility index (Phi) is 4.29. The van der Waals surface area contributed by atoms with Gasteiger partial charge in [-0.3, -0.25) is 9.78 Å². The van der Waals surface area contributed by atoms with E-state index in [-0.39, 0.29) is 5.91 Å². The van der Waals surface area contributed by atoms with E-state index in [1.807, 2.05) is 25.1 Å². The summed E-state index contributed by atoms with van der Waals surface area (Å²) in [5.41, 5.74) is 9.62. The van der Waals surface area contributed by atoms with Crippen LogP contribution in [-0.4, -0.2) is 17.4 Å². The molecule has 96 valence electrons. The van der Waals surface area contributed by atoms with E-state index in [4.69, 9.17) is 5.73 Å². The highest BCUT2D eigenvalue weighted by Gasteiger charge is 2.08. The number of nitrogens with two attached hydrogens (primary N) is 1. The van der Waals surface area contributed by atoms with E-state index < -0.39 is 0 Å². The second-order valence-electron chi connectivity index (χ2n) is 3.86. The van der Waals surface area contributed by atoms with E-state index in [0.717, 1.165) is 11.1 Å². The lowest BCUT2D eigenvalue weighted by molar-refractivity contribution is 0.103. The Bertz CT molecular complexity index is 638. The maximum absolute atomic E-state index is 11.9. The van der Waals surface area contributed by atoms with Crippen molar-refractivity contribution in [3.8, 4) is 11.8 Å². The molecule has 0 aliphatic carbocycles. The van der Waals surface area contributed by atoms with Crippen LogP contribution in [0.25, 0.3) is 0 Å². The van der Waals surface area contributed by atoms with Crippen LogP contribution >= 0.6 is 11.3 Å². The van der Waals surface area contributed by atoms with Gasteiger partial charge in [0.15, 0.2) is 0 Å². The number of thiazole rings is 1. The van der Waals surface area contributed by atoms with Gasteiger partial charge in [-0.2, -0.15) is 0 Å². The van der Waals surface area contributed by atoms with E-state index in [0.29, 0.717) is 17.1 Å². The molecule has 19 heavy (non-hydrogen) atoms. The third kappa shape index (κ3) is 3.41. The average molecular weight is 271 g/mol. The molecular formula is C14H13N3OS. The zero-order chi connectivity index (χ0) is 13.7. The van der Waals surface area contributed by atoms with Gasteiger partial charge in [0.2, 0.25) is 0 Å². The van der Waals surface area contributed by atoms with Crippen LogP contribution in [0, 0.1) is 18.8 Å². The first-order valence-electron chi connectivity index (χ1n) is 5.70. The molecule has 5 heteroatoms. The molecule has 0 bridgehead atoms. The first-order chi connectivity index (χ1) is 9.20. The second-order valence-corrected chi connectivity index (χ2v) is 4.74. The van der Waals surface area contributed by atoms with E-state index in [1.54, 1.807) is 11.7 Å². The lowest BCUT2D eigenvalue weighted by Crippen LogP contribution is -2.10. The van der Waals surface area contributed by atoms with Crippen LogP contribution in [0.4, 0.5) is 5.69 Å². The Labute approximate surface area is 115 Å². The topological polar surface area (TPSA) is 68.0 Å². The number of benzene rings is 1. The number of rotatable bonds is 2. The van der Waals surface area contributed by atoms with Crippen molar-refractivity contribution in [2.24, 2.45) is 5.73 Å². The summed E-state index contributed by atoms with van der Waals surface area (Å²) in [4.78, 5) is 16.3. The summed E-state index contributed by atoms with van der Waals surface area (Å²) in [6.45, 7) is 2.28. The largest absolute Gasteiger partial charge is 0.321 e. The molecule has 0 saturated heterocycles. The second kappa shape index (κ2) is 6.14. The van der Waals surface area contributed by atoms with Gasteiger partial charge in [0.25, 0.3) is 5.91 Å². The van der Waals surface area contributed by atoms with Crippen molar-refractivity contribution in [1.82, 2.24) is 4.98 Å². The van der Waals surface area contributed by atoms with E-state index >= 15 is 0 Å². The van der Waals surface area contributed by atoms with Crippen molar-refractivity contribution in [3.63, 3.8) is 0 Å². The first-order valence-corrected chi connectivity index (χ1v) is 6.58. The highest BCUT2D eigenvalue weighted by molar-refractivity contribution is 7.11. The Morgan fingerprint density at radius 2 is 2.37 bits per heavy atom. The molecule has 0 spiro atoms. The normalized spacial score (nSPS) is 9.58. The standard InChI is InChI=1S/C14H13N3OS/c1-10-4-5-12(7-11(10)3-2-6-15)17-14(18)13-8-16-9-19-13/h4-5,7-9H,6,15H2,1H3,(H,17,18). The monoisotopic (exact) mass is 271 g/mol. The van der Waals surface area contributed by atoms with Gasteiger partial charge in [-0.15, -0.1) is 11.3 Å². The number of anilines is 1. The van der Waals surface area contributed by atoms with Crippen LogP contribution in [0.15, 0.2) is 29.9 Å². The van der Waals surface area contributed by atoms with Crippen LogP contribution in [-0.2, 0) is 0 Å². The molecule has 4 nitrogen and oxygen atoms in total. The van der Waals surface area contributed by atoms with Crippen LogP contribution in [0.5, 0.6) is 0 Å². The molecule has 0 aliphatic heterocycles. The van der Waals surface area contributed by atoms with Gasteiger partial charge in [0.1, 0.15) is 4.88 Å². The smallest absolute Gasteiger partial charge is 0.267 e. The van der Waals surface area contributed by atoms with E-state index in [2.05, 4.69) is 22.1 Å². The van der Waals surface area contributed by atoms with Gasteiger partial charge in [-0.1, -0.05) is 17.9 Å². The van der Waals surface area contributed by atoms with Gasteiger partial charge in [-0.05, 0) is 24.6 Å². The van der Waals surface area contributed by atoms with Crippen molar-refractivity contribution in [2.45, 2.75) is 6.92 Å². The third-order valence-electron chi connectivity index (χ3n) is 2.48. The van der Waals surface area contributed by atoms with Gasteiger partial charge >= 0.3 is 0 Å². The van der Waals surface area contributed by atoms with E-state index in [1.165, 1.54) is 11.3 Å². The van der Waals surface area contributed by atoms with E-state index in [9.17, 15) is 4.79 Å². The fourth-order valence-electron chi connectivity index (χ4n) is 1.50. The summed E-state index contributed by atoms with van der Waals surface area (Å²) in [5.74, 6) is 5.63. The number of hydrogen-bond acceptors (Lipinski definition) is 4. The fourth-order valence-corrected chi connectivity index (χ4v) is 2.02.